The first kappa shape index (κ1) is 11.7. The molecule has 0 aliphatic carbocycles. The van der Waals surface area contributed by atoms with Crippen molar-refractivity contribution in [3.8, 4) is 5.82 Å². The summed E-state index contributed by atoms with van der Waals surface area (Å²) in [6.45, 7) is 2.68. The SMILES string of the molecule is COCC(C)Nc1nccn1-c1ccn(C)n1. The normalized spacial score (nSPS) is 12.6. The standard InChI is InChI=1S/C11H17N5O/c1-9(8-17-3)13-11-12-5-7-16(11)10-4-6-15(2)14-10/h4-7,9H,8H2,1-3H3,(H,12,13). The summed E-state index contributed by atoms with van der Waals surface area (Å²) < 4.78 is 8.75. The lowest BCUT2D eigenvalue weighted by atomic mass is 10.4. The number of hydrogen-bond acceptors (Lipinski definition) is 4. The molecule has 2 heterocycles. The summed E-state index contributed by atoms with van der Waals surface area (Å²) in [4.78, 5) is 4.27. The van der Waals surface area contributed by atoms with Crippen LogP contribution >= 0.6 is 0 Å². The molecule has 0 aliphatic heterocycles. The summed E-state index contributed by atoms with van der Waals surface area (Å²) in [7, 11) is 3.57. The van der Waals surface area contributed by atoms with Gasteiger partial charge in [-0.2, -0.15) is 5.10 Å². The third-order valence-electron chi connectivity index (χ3n) is 2.38. The van der Waals surface area contributed by atoms with Crippen LogP contribution in [0.4, 0.5) is 5.95 Å². The Morgan fingerprint density at radius 1 is 1.47 bits per heavy atom. The van der Waals surface area contributed by atoms with E-state index in [-0.39, 0.29) is 6.04 Å². The van der Waals surface area contributed by atoms with Gasteiger partial charge in [0.1, 0.15) is 0 Å². The van der Waals surface area contributed by atoms with Crippen LogP contribution in [0.2, 0.25) is 0 Å². The van der Waals surface area contributed by atoms with Crippen molar-refractivity contribution in [2.45, 2.75) is 13.0 Å². The van der Waals surface area contributed by atoms with Gasteiger partial charge in [-0.05, 0) is 6.92 Å². The number of methoxy groups -OCH3 is 1. The molecule has 2 aromatic heterocycles. The van der Waals surface area contributed by atoms with E-state index >= 15 is 0 Å². The van der Waals surface area contributed by atoms with Gasteiger partial charge in [0.05, 0.1) is 6.61 Å². The number of aryl methyl sites for hydroxylation is 1. The molecule has 0 saturated heterocycles. The van der Waals surface area contributed by atoms with E-state index < -0.39 is 0 Å². The van der Waals surface area contributed by atoms with Crippen LogP contribution in [0.15, 0.2) is 24.7 Å². The summed E-state index contributed by atoms with van der Waals surface area (Å²) in [6.07, 6.45) is 5.53. The molecule has 0 fully saturated rings. The first-order valence-corrected chi connectivity index (χ1v) is 5.49. The molecule has 0 saturated carbocycles. The van der Waals surface area contributed by atoms with Gasteiger partial charge >= 0.3 is 0 Å². The van der Waals surface area contributed by atoms with E-state index in [1.165, 1.54) is 0 Å². The number of imidazole rings is 1. The Morgan fingerprint density at radius 2 is 2.29 bits per heavy atom. The van der Waals surface area contributed by atoms with Gasteiger partial charge in [-0.25, -0.2) is 4.98 Å². The average molecular weight is 235 g/mol. The lowest BCUT2D eigenvalue weighted by Crippen LogP contribution is -2.22. The van der Waals surface area contributed by atoms with Crippen LogP contribution in [0, 0.1) is 0 Å². The summed E-state index contributed by atoms with van der Waals surface area (Å²) in [5.41, 5.74) is 0. The molecule has 0 aromatic carbocycles. The molecule has 0 bridgehead atoms. The molecule has 0 spiro atoms. The topological polar surface area (TPSA) is 56.9 Å². The van der Waals surface area contributed by atoms with Crippen molar-refractivity contribution in [2.75, 3.05) is 19.0 Å². The average Bonchev–Trinajstić information content (AvgIpc) is 2.87. The first-order valence-electron chi connectivity index (χ1n) is 5.49. The van der Waals surface area contributed by atoms with Crippen molar-refractivity contribution in [1.29, 1.82) is 0 Å². The highest BCUT2D eigenvalue weighted by Crippen LogP contribution is 2.12. The number of nitrogens with zero attached hydrogens (tertiary/aromatic N) is 4. The Labute approximate surface area is 100 Å². The Bertz CT molecular complexity index is 476. The molecule has 6 nitrogen and oxygen atoms in total. The third kappa shape index (κ3) is 2.65. The minimum atomic E-state index is 0.199. The van der Waals surface area contributed by atoms with Crippen molar-refractivity contribution in [1.82, 2.24) is 19.3 Å². The Balaban J connectivity index is 2.17. The Kier molecular flexibility index (Phi) is 3.43. The second kappa shape index (κ2) is 5.01. The van der Waals surface area contributed by atoms with Gasteiger partial charge in [-0.15, -0.1) is 0 Å². The number of aromatic nitrogens is 4. The van der Waals surface area contributed by atoms with Crippen LogP contribution in [0.3, 0.4) is 0 Å². The molecule has 1 N–H and O–H groups in total. The van der Waals surface area contributed by atoms with Crippen LogP contribution in [-0.4, -0.2) is 39.1 Å². The quantitative estimate of drug-likeness (QED) is 0.841. The van der Waals surface area contributed by atoms with E-state index in [0.717, 1.165) is 11.8 Å². The fraction of sp³-hybridized carbons (Fsp3) is 0.455. The summed E-state index contributed by atoms with van der Waals surface area (Å²) >= 11 is 0. The molecule has 92 valence electrons. The van der Waals surface area contributed by atoms with Crippen molar-refractivity contribution in [3.63, 3.8) is 0 Å². The maximum atomic E-state index is 5.08. The molecule has 2 aromatic rings. The Hall–Kier alpha value is -1.82. The fourth-order valence-corrected chi connectivity index (χ4v) is 1.64. The lowest BCUT2D eigenvalue weighted by Gasteiger charge is -2.13. The highest BCUT2D eigenvalue weighted by Gasteiger charge is 2.09. The van der Waals surface area contributed by atoms with Crippen LogP contribution in [0.5, 0.6) is 0 Å². The van der Waals surface area contributed by atoms with Crippen LogP contribution < -0.4 is 5.32 Å². The van der Waals surface area contributed by atoms with Gasteiger partial charge in [-0.3, -0.25) is 9.25 Å². The predicted molar refractivity (Wildman–Crippen MR) is 65.3 cm³/mol. The minimum absolute atomic E-state index is 0.199. The van der Waals surface area contributed by atoms with Gasteiger partial charge in [0, 0.05) is 44.9 Å². The van der Waals surface area contributed by atoms with E-state index in [4.69, 9.17) is 4.74 Å². The van der Waals surface area contributed by atoms with E-state index in [1.807, 2.05) is 37.0 Å². The van der Waals surface area contributed by atoms with Gasteiger partial charge in [0.2, 0.25) is 5.95 Å². The number of ether oxygens (including phenoxy) is 1. The molecule has 1 unspecified atom stereocenters. The summed E-state index contributed by atoms with van der Waals surface area (Å²) in [6, 6.07) is 2.14. The number of anilines is 1. The molecule has 17 heavy (non-hydrogen) atoms. The second-order valence-electron chi connectivity index (χ2n) is 3.97. The first-order chi connectivity index (χ1) is 8.20. The van der Waals surface area contributed by atoms with E-state index in [2.05, 4.69) is 15.4 Å². The summed E-state index contributed by atoms with van der Waals surface area (Å²) in [5.74, 6) is 1.62. The fourth-order valence-electron chi connectivity index (χ4n) is 1.64. The highest BCUT2D eigenvalue weighted by atomic mass is 16.5. The van der Waals surface area contributed by atoms with Gasteiger partial charge in [0.25, 0.3) is 0 Å². The lowest BCUT2D eigenvalue weighted by molar-refractivity contribution is 0.190. The van der Waals surface area contributed by atoms with Crippen molar-refractivity contribution >= 4 is 5.95 Å². The Morgan fingerprint density at radius 3 is 2.94 bits per heavy atom. The van der Waals surface area contributed by atoms with E-state index in [1.54, 1.807) is 18.0 Å². The zero-order valence-corrected chi connectivity index (χ0v) is 10.3. The molecule has 1 atom stereocenters. The smallest absolute Gasteiger partial charge is 0.209 e. The van der Waals surface area contributed by atoms with Crippen LogP contribution in [0.25, 0.3) is 5.82 Å². The van der Waals surface area contributed by atoms with E-state index in [0.29, 0.717) is 6.61 Å². The largest absolute Gasteiger partial charge is 0.383 e. The van der Waals surface area contributed by atoms with Gasteiger partial charge in [0.15, 0.2) is 5.82 Å². The van der Waals surface area contributed by atoms with Crippen molar-refractivity contribution < 1.29 is 4.74 Å². The zero-order valence-electron chi connectivity index (χ0n) is 10.3. The molecule has 0 aliphatic rings. The number of nitrogens with one attached hydrogen (secondary N) is 1. The van der Waals surface area contributed by atoms with Gasteiger partial charge < -0.3 is 10.1 Å². The maximum Gasteiger partial charge on any atom is 0.209 e. The molecular formula is C11H17N5O. The number of rotatable bonds is 5. The van der Waals surface area contributed by atoms with Crippen LogP contribution in [-0.2, 0) is 11.8 Å². The van der Waals surface area contributed by atoms with Gasteiger partial charge in [-0.1, -0.05) is 0 Å². The summed E-state index contributed by atoms with van der Waals surface area (Å²) in [5, 5.41) is 7.61. The highest BCUT2D eigenvalue weighted by molar-refractivity contribution is 5.37. The third-order valence-corrected chi connectivity index (χ3v) is 2.38. The maximum absolute atomic E-state index is 5.08. The number of hydrogen-bond donors (Lipinski definition) is 1. The predicted octanol–water partition coefficient (Wildman–Crippen LogP) is 1.05. The molecule has 0 radical (unpaired) electrons. The molecule has 2 rings (SSSR count). The second-order valence-corrected chi connectivity index (χ2v) is 3.97. The monoisotopic (exact) mass is 235 g/mol. The van der Waals surface area contributed by atoms with Crippen molar-refractivity contribution in [3.05, 3.63) is 24.7 Å². The van der Waals surface area contributed by atoms with Crippen molar-refractivity contribution in [2.24, 2.45) is 7.05 Å². The minimum Gasteiger partial charge on any atom is -0.383 e. The van der Waals surface area contributed by atoms with E-state index in [9.17, 15) is 0 Å². The molecular weight excluding hydrogens is 218 g/mol. The zero-order chi connectivity index (χ0) is 12.3. The molecule has 6 heteroatoms. The van der Waals surface area contributed by atoms with Crippen LogP contribution in [0.1, 0.15) is 6.92 Å². The molecule has 0 amide bonds.